The minimum atomic E-state index is 1.06. The molecule has 1 rings (SSSR count). The molecule has 0 aromatic heterocycles. The van der Waals surface area contributed by atoms with Crippen LogP contribution in [0.1, 0.15) is 89.9 Å². The van der Waals surface area contributed by atoms with Crippen molar-refractivity contribution in [2.45, 2.75) is 89.9 Å². The lowest BCUT2D eigenvalue weighted by molar-refractivity contribution is -0.109. The quantitative estimate of drug-likeness (QED) is 0.222. The number of hydroxylamine groups is 2. The third-order valence-electron chi connectivity index (χ3n) is 5.36. The number of rotatable bonds is 17. The van der Waals surface area contributed by atoms with Gasteiger partial charge in [-0.2, -0.15) is 5.06 Å². The number of likely N-dealkylation sites (N-methyl/N-ethyl adjacent to an activating group) is 1. The van der Waals surface area contributed by atoms with E-state index in [1.165, 1.54) is 95.5 Å². The first-order chi connectivity index (χ1) is 12.7. The molecule has 0 spiro atoms. The summed E-state index contributed by atoms with van der Waals surface area (Å²) in [5, 5.41) is 1.92. The van der Waals surface area contributed by atoms with Crippen molar-refractivity contribution in [1.29, 1.82) is 0 Å². The van der Waals surface area contributed by atoms with E-state index in [9.17, 15) is 0 Å². The number of unbranched alkanes of at least 4 members (excludes halogenated alkanes) is 12. The first kappa shape index (κ1) is 23.2. The molecule has 0 amide bonds. The predicted molar refractivity (Wildman–Crippen MR) is 114 cm³/mol. The maximum absolute atomic E-state index is 5.12. The number of hydrogen-bond donors (Lipinski definition) is 0. The highest BCUT2D eigenvalue weighted by Gasteiger charge is 2.01. The molecule has 0 saturated heterocycles. The average molecular weight is 365 g/mol. The van der Waals surface area contributed by atoms with Gasteiger partial charge in [0.1, 0.15) is 0 Å². The second-order valence-corrected chi connectivity index (χ2v) is 7.93. The van der Waals surface area contributed by atoms with Crippen LogP contribution >= 0.6 is 0 Å². The minimum Gasteiger partial charge on any atom is -0.376 e. The van der Waals surface area contributed by atoms with E-state index in [-0.39, 0.29) is 0 Å². The molecule has 3 heteroatoms. The molecule has 0 N–H and O–H groups in total. The topological polar surface area (TPSA) is 15.7 Å². The molecule has 26 heavy (non-hydrogen) atoms. The Labute approximate surface area is 163 Å². The second kappa shape index (κ2) is 16.4. The molecule has 0 aliphatic carbocycles. The fourth-order valence-corrected chi connectivity index (χ4v) is 3.60. The summed E-state index contributed by atoms with van der Waals surface area (Å²) in [5.41, 5.74) is 1.50. The predicted octanol–water partition coefficient (Wildman–Crippen LogP) is 6.33. The SMILES string of the molecule is CON(C)CCCCCCCCCCCCCCCC1=CN(C)CC=C1. The van der Waals surface area contributed by atoms with E-state index >= 15 is 0 Å². The summed E-state index contributed by atoms with van der Waals surface area (Å²) in [6.07, 6.45) is 26.3. The van der Waals surface area contributed by atoms with Crippen LogP contribution in [0, 0.1) is 0 Å². The summed E-state index contributed by atoms with van der Waals surface area (Å²) < 4.78 is 0. The van der Waals surface area contributed by atoms with Gasteiger partial charge in [0.2, 0.25) is 0 Å². The van der Waals surface area contributed by atoms with Gasteiger partial charge in [0.05, 0.1) is 7.11 Å². The van der Waals surface area contributed by atoms with Crippen LogP contribution in [-0.4, -0.2) is 44.3 Å². The summed E-state index contributed by atoms with van der Waals surface area (Å²) in [7, 11) is 5.90. The van der Waals surface area contributed by atoms with Crippen LogP contribution < -0.4 is 0 Å². The third kappa shape index (κ3) is 13.4. The average Bonchev–Trinajstić information content (AvgIpc) is 2.64. The van der Waals surface area contributed by atoms with Crippen LogP contribution in [0.3, 0.4) is 0 Å². The molecule has 0 aromatic rings. The van der Waals surface area contributed by atoms with Gasteiger partial charge in [-0.3, -0.25) is 0 Å². The Kier molecular flexibility index (Phi) is 14.6. The van der Waals surface area contributed by atoms with Crippen molar-refractivity contribution < 1.29 is 4.84 Å². The number of hydrogen-bond acceptors (Lipinski definition) is 3. The van der Waals surface area contributed by atoms with Crippen molar-refractivity contribution >= 4 is 0 Å². The van der Waals surface area contributed by atoms with E-state index in [1.807, 2.05) is 12.1 Å². The van der Waals surface area contributed by atoms with Gasteiger partial charge in [0.25, 0.3) is 0 Å². The van der Waals surface area contributed by atoms with E-state index in [1.54, 1.807) is 7.11 Å². The maximum atomic E-state index is 5.12. The normalized spacial score (nSPS) is 14.3. The molecule has 152 valence electrons. The van der Waals surface area contributed by atoms with Gasteiger partial charge in [-0.15, -0.1) is 0 Å². The molecular formula is C23H44N2O. The third-order valence-corrected chi connectivity index (χ3v) is 5.36. The highest BCUT2D eigenvalue weighted by molar-refractivity contribution is 5.21. The molecule has 1 aliphatic heterocycles. The smallest absolute Gasteiger partial charge is 0.0575 e. The monoisotopic (exact) mass is 364 g/mol. The van der Waals surface area contributed by atoms with Crippen LogP contribution in [0.25, 0.3) is 0 Å². The van der Waals surface area contributed by atoms with Crippen LogP contribution in [0.4, 0.5) is 0 Å². The lowest BCUT2D eigenvalue weighted by atomic mass is 10.0. The number of allylic oxidation sites excluding steroid dienone is 2. The summed E-state index contributed by atoms with van der Waals surface area (Å²) in [6, 6.07) is 0. The highest BCUT2D eigenvalue weighted by atomic mass is 16.7. The lowest BCUT2D eigenvalue weighted by Crippen LogP contribution is -2.17. The molecule has 0 saturated carbocycles. The first-order valence-electron chi connectivity index (χ1n) is 11.0. The van der Waals surface area contributed by atoms with Gasteiger partial charge >= 0.3 is 0 Å². The van der Waals surface area contributed by atoms with Crippen LogP contribution in [0.5, 0.6) is 0 Å². The Morgan fingerprint density at radius 1 is 0.846 bits per heavy atom. The lowest BCUT2D eigenvalue weighted by Gasteiger charge is -2.17. The molecule has 0 fully saturated rings. The summed E-state index contributed by atoms with van der Waals surface area (Å²) in [6.45, 7) is 2.12. The minimum absolute atomic E-state index is 1.06. The molecular weight excluding hydrogens is 320 g/mol. The fourth-order valence-electron chi connectivity index (χ4n) is 3.60. The largest absolute Gasteiger partial charge is 0.376 e. The fraction of sp³-hybridized carbons (Fsp3) is 0.826. The molecule has 0 atom stereocenters. The Hall–Kier alpha value is -0.800. The maximum Gasteiger partial charge on any atom is 0.0575 e. The molecule has 1 aliphatic rings. The van der Waals surface area contributed by atoms with E-state index in [0.29, 0.717) is 0 Å². The first-order valence-corrected chi connectivity index (χ1v) is 11.0. The van der Waals surface area contributed by atoms with Gasteiger partial charge in [-0.25, -0.2) is 0 Å². The Morgan fingerprint density at radius 2 is 1.35 bits per heavy atom. The van der Waals surface area contributed by atoms with Crippen molar-refractivity contribution in [3.05, 3.63) is 23.9 Å². The zero-order valence-electron chi connectivity index (χ0n) is 17.8. The van der Waals surface area contributed by atoms with Crippen molar-refractivity contribution in [2.24, 2.45) is 0 Å². The summed E-state index contributed by atoms with van der Waals surface area (Å²) >= 11 is 0. The van der Waals surface area contributed by atoms with Gasteiger partial charge in [0, 0.05) is 33.4 Å². The Morgan fingerprint density at radius 3 is 1.85 bits per heavy atom. The van der Waals surface area contributed by atoms with E-state index in [2.05, 4.69) is 30.3 Å². The van der Waals surface area contributed by atoms with Crippen LogP contribution in [-0.2, 0) is 4.84 Å². The Bertz CT molecular complexity index is 378. The van der Waals surface area contributed by atoms with Gasteiger partial charge < -0.3 is 9.74 Å². The van der Waals surface area contributed by atoms with E-state index in [0.717, 1.165) is 13.1 Å². The molecule has 0 unspecified atom stereocenters. The molecule has 3 nitrogen and oxygen atoms in total. The highest BCUT2D eigenvalue weighted by Crippen LogP contribution is 2.16. The van der Waals surface area contributed by atoms with Crippen molar-refractivity contribution in [1.82, 2.24) is 9.96 Å². The number of nitrogens with zero attached hydrogens (tertiary/aromatic N) is 2. The standard InChI is InChI=1S/C23H44N2O/c1-24-20-17-19-23(22-24)18-15-13-11-9-7-5-4-6-8-10-12-14-16-21-25(2)26-3/h17,19,22H,4-16,18,20-21H2,1-3H3. The molecule has 0 radical (unpaired) electrons. The van der Waals surface area contributed by atoms with E-state index < -0.39 is 0 Å². The zero-order valence-corrected chi connectivity index (χ0v) is 17.8. The van der Waals surface area contributed by atoms with Gasteiger partial charge in [-0.05, 0) is 24.8 Å². The van der Waals surface area contributed by atoms with Crippen molar-refractivity contribution in [3.63, 3.8) is 0 Å². The summed E-state index contributed by atoms with van der Waals surface area (Å²) in [4.78, 5) is 7.39. The van der Waals surface area contributed by atoms with Crippen LogP contribution in [0.2, 0.25) is 0 Å². The van der Waals surface area contributed by atoms with Crippen molar-refractivity contribution in [3.8, 4) is 0 Å². The molecule has 1 heterocycles. The van der Waals surface area contributed by atoms with Crippen LogP contribution in [0.15, 0.2) is 23.9 Å². The molecule has 0 aromatic carbocycles. The summed E-state index contributed by atoms with van der Waals surface area (Å²) in [5.74, 6) is 0. The van der Waals surface area contributed by atoms with E-state index in [4.69, 9.17) is 4.84 Å². The van der Waals surface area contributed by atoms with Gasteiger partial charge in [-0.1, -0.05) is 82.8 Å². The molecule has 0 bridgehead atoms. The second-order valence-electron chi connectivity index (χ2n) is 7.93. The Balaban J connectivity index is 1.74. The zero-order chi connectivity index (χ0) is 18.9. The van der Waals surface area contributed by atoms with Gasteiger partial charge in [0.15, 0.2) is 0 Å². The van der Waals surface area contributed by atoms with Crippen molar-refractivity contribution in [2.75, 3.05) is 34.3 Å².